The van der Waals surface area contributed by atoms with Crippen LogP contribution in [0.25, 0.3) is 0 Å². The minimum Gasteiger partial charge on any atom is -0.484 e. The first-order valence-corrected chi connectivity index (χ1v) is 8.56. The lowest BCUT2D eigenvalue weighted by atomic mass is 9.79. The summed E-state index contributed by atoms with van der Waals surface area (Å²) in [6, 6.07) is 5.77. The summed E-state index contributed by atoms with van der Waals surface area (Å²) < 4.78 is 10.4. The molecule has 0 aliphatic heterocycles. The molecule has 0 spiro atoms. The first-order valence-electron chi connectivity index (χ1n) is 8.56. The molecule has 0 saturated heterocycles. The Labute approximate surface area is 143 Å². The number of ether oxygens (including phenoxy) is 2. The van der Waals surface area contributed by atoms with E-state index >= 15 is 0 Å². The molecule has 1 aliphatic carbocycles. The molecule has 0 aromatic heterocycles. The Morgan fingerprint density at radius 3 is 2.62 bits per heavy atom. The van der Waals surface area contributed by atoms with Crippen LogP contribution in [0.1, 0.15) is 36.8 Å². The minimum atomic E-state index is -0.166. The van der Waals surface area contributed by atoms with Crippen LogP contribution in [0, 0.1) is 25.7 Å². The lowest BCUT2D eigenvalue weighted by Gasteiger charge is -2.29. The van der Waals surface area contributed by atoms with Gasteiger partial charge in [0.15, 0.2) is 6.61 Å². The van der Waals surface area contributed by atoms with E-state index < -0.39 is 0 Å². The van der Waals surface area contributed by atoms with Crippen LogP contribution in [0.15, 0.2) is 18.2 Å². The third-order valence-corrected chi connectivity index (χ3v) is 4.82. The Morgan fingerprint density at radius 2 is 1.92 bits per heavy atom. The molecule has 5 heteroatoms. The highest BCUT2D eigenvalue weighted by molar-refractivity contribution is 5.77. The molecule has 2 atom stereocenters. The van der Waals surface area contributed by atoms with Gasteiger partial charge >= 0.3 is 5.97 Å². The molecule has 1 saturated carbocycles. The van der Waals surface area contributed by atoms with Crippen LogP contribution >= 0.6 is 0 Å². The van der Waals surface area contributed by atoms with Crippen LogP contribution in [0.3, 0.4) is 0 Å². The van der Waals surface area contributed by atoms with Gasteiger partial charge in [0.1, 0.15) is 5.75 Å². The average molecular weight is 333 g/mol. The fourth-order valence-electron chi connectivity index (χ4n) is 3.16. The maximum Gasteiger partial charge on any atom is 0.309 e. The summed E-state index contributed by atoms with van der Waals surface area (Å²) in [5.74, 6) is 0.405. The number of methoxy groups -OCH3 is 1. The summed E-state index contributed by atoms with van der Waals surface area (Å²) in [4.78, 5) is 23.8. The second kappa shape index (κ2) is 8.71. The van der Waals surface area contributed by atoms with Crippen LogP contribution < -0.4 is 10.1 Å². The summed E-state index contributed by atoms with van der Waals surface area (Å²) in [6.07, 6.45) is 3.91. The molecule has 1 fully saturated rings. The number of nitrogens with one attached hydrogen (secondary N) is 1. The highest BCUT2D eigenvalue weighted by Crippen LogP contribution is 2.30. The van der Waals surface area contributed by atoms with E-state index in [1.54, 1.807) is 0 Å². The van der Waals surface area contributed by atoms with Gasteiger partial charge in [-0.25, -0.2) is 0 Å². The van der Waals surface area contributed by atoms with Crippen molar-refractivity contribution in [2.24, 2.45) is 11.8 Å². The van der Waals surface area contributed by atoms with Crippen molar-refractivity contribution in [3.63, 3.8) is 0 Å². The standard InChI is InChI=1S/C19H27NO4/c1-13-8-9-16(10-14(13)2)24-12-18(21)20-11-15-6-4-5-7-17(15)19(22)23-3/h8-10,15,17H,4-7,11-12H2,1-3H3,(H,20,21). The van der Waals surface area contributed by atoms with Gasteiger partial charge in [-0.05, 0) is 55.9 Å². The Kier molecular flexibility index (Phi) is 6.64. The van der Waals surface area contributed by atoms with E-state index in [0.717, 1.165) is 31.2 Å². The largest absolute Gasteiger partial charge is 0.484 e. The predicted molar refractivity (Wildman–Crippen MR) is 91.9 cm³/mol. The monoisotopic (exact) mass is 333 g/mol. The number of aryl methyl sites for hydroxylation is 2. The number of carbonyl (C=O) groups is 2. The third kappa shape index (κ3) is 4.98. The number of hydrogen-bond donors (Lipinski definition) is 1. The lowest BCUT2D eigenvalue weighted by Crippen LogP contribution is -2.39. The molecule has 1 aromatic carbocycles. The quantitative estimate of drug-likeness (QED) is 0.813. The first-order chi connectivity index (χ1) is 11.5. The molecule has 1 aromatic rings. The van der Waals surface area contributed by atoms with E-state index in [9.17, 15) is 9.59 Å². The van der Waals surface area contributed by atoms with Crippen molar-refractivity contribution in [2.45, 2.75) is 39.5 Å². The molecular weight excluding hydrogens is 306 g/mol. The van der Waals surface area contributed by atoms with Gasteiger partial charge in [0.25, 0.3) is 5.91 Å². The van der Waals surface area contributed by atoms with Crippen molar-refractivity contribution >= 4 is 11.9 Å². The Bertz CT molecular complexity index is 585. The van der Waals surface area contributed by atoms with Crippen LogP contribution in [0.2, 0.25) is 0 Å². The van der Waals surface area contributed by atoms with Crippen molar-refractivity contribution in [3.8, 4) is 5.75 Å². The molecule has 1 amide bonds. The average Bonchev–Trinajstić information content (AvgIpc) is 2.60. The van der Waals surface area contributed by atoms with Gasteiger partial charge in [-0.3, -0.25) is 9.59 Å². The second-order valence-corrected chi connectivity index (χ2v) is 6.51. The zero-order chi connectivity index (χ0) is 17.5. The van der Waals surface area contributed by atoms with Crippen LogP contribution in [0.5, 0.6) is 5.75 Å². The lowest BCUT2D eigenvalue weighted by molar-refractivity contribution is -0.148. The summed E-state index contributed by atoms with van der Waals surface area (Å²) in [5, 5.41) is 2.89. The van der Waals surface area contributed by atoms with Crippen LogP contribution in [-0.2, 0) is 14.3 Å². The van der Waals surface area contributed by atoms with Crippen molar-refractivity contribution in [3.05, 3.63) is 29.3 Å². The molecule has 132 valence electrons. The highest BCUT2D eigenvalue weighted by Gasteiger charge is 2.31. The zero-order valence-corrected chi connectivity index (χ0v) is 14.8. The van der Waals surface area contributed by atoms with Crippen LogP contribution in [-0.4, -0.2) is 32.1 Å². The summed E-state index contributed by atoms with van der Waals surface area (Å²) in [7, 11) is 1.42. The third-order valence-electron chi connectivity index (χ3n) is 4.82. The van der Waals surface area contributed by atoms with Gasteiger partial charge in [-0.2, -0.15) is 0 Å². The van der Waals surface area contributed by atoms with Gasteiger partial charge in [0.05, 0.1) is 13.0 Å². The fourth-order valence-corrected chi connectivity index (χ4v) is 3.16. The van der Waals surface area contributed by atoms with E-state index in [-0.39, 0.29) is 30.3 Å². The van der Waals surface area contributed by atoms with E-state index in [2.05, 4.69) is 5.32 Å². The van der Waals surface area contributed by atoms with Crippen molar-refractivity contribution in [2.75, 3.05) is 20.3 Å². The van der Waals surface area contributed by atoms with E-state index in [1.165, 1.54) is 12.7 Å². The van der Waals surface area contributed by atoms with Gasteiger partial charge < -0.3 is 14.8 Å². The Hall–Kier alpha value is -2.04. The molecule has 24 heavy (non-hydrogen) atoms. The zero-order valence-electron chi connectivity index (χ0n) is 14.8. The Morgan fingerprint density at radius 1 is 1.17 bits per heavy atom. The first kappa shape index (κ1) is 18.3. The number of amides is 1. The topological polar surface area (TPSA) is 64.6 Å². The van der Waals surface area contributed by atoms with Gasteiger partial charge in [-0.1, -0.05) is 18.9 Å². The molecule has 0 bridgehead atoms. The Balaban J connectivity index is 1.79. The van der Waals surface area contributed by atoms with Gasteiger partial charge in [0, 0.05) is 6.54 Å². The maximum absolute atomic E-state index is 12.0. The van der Waals surface area contributed by atoms with Crippen molar-refractivity contribution in [1.29, 1.82) is 0 Å². The van der Waals surface area contributed by atoms with Crippen molar-refractivity contribution < 1.29 is 19.1 Å². The maximum atomic E-state index is 12.0. The van der Waals surface area contributed by atoms with Crippen LogP contribution in [0.4, 0.5) is 0 Å². The molecule has 1 N–H and O–H groups in total. The number of rotatable bonds is 6. The van der Waals surface area contributed by atoms with Gasteiger partial charge in [0.2, 0.25) is 0 Å². The van der Waals surface area contributed by atoms with Crippen molar-refractivity contribution in [1.82, 2.24) is 5.32 Å². The predicted octanol–water partition coefficient (Wildman–Crippen LogP) is 2.78. The normalized spacial score (nSPS) is 20.3. The number of hydrogen-bond acceptors (Lipinski definition) is 4. The van der Waals surface area contributed by atoms with E-state index in [4.69, 9.17) is 9.47 Å². The molecule has 0 radical (unpaired) electrons. The van der Waals surface area contributed by atoms with E-state index in [0.29, 0.717) is 12.3 Å². The molecule has 2 unspecified atom stereocenters. The number of benzene rings is 1. The summed E-state index contributed by atoms with van der Waals surface area (Å²) >= 11 is 0. The fraction of sp³-hybridized carbons (Fsp3) is 0.579. The smallest absolute Gasteiger partial charge is 0.309 e. The molecular formula is C19H27NO4. The number of esters is 1. The molecule has 0 heterocycles. The highest BCUT2D eigenvalue weighted by atomic mass is 16.5. The minimum absolute atomic E-state index is 0.0158. The van der Waals surface area contributed by atoms with Gasteiger partial charge in [-0.15, -0.1) is 0 Å². The second-order valence-electron chi connectivity index (χ2n) is 6.51. The number of carbonyl (C=O) groups excluding carboxylic acids is 2. The SMILES string of the molecule is COC(=O)C1CCCCC1CNC(=O)COc1ccc(C)c(C)c1. The molecule has 1 aliphatic rings. The molecule has 2 rings (SSSR count). The summed E-state index contributed by atoms with van der Waals surface area (Å²) in [6.45, 7) is 4.53. The summed E-state index contributed by atoms with van der Waals surface area (Å²) in [5.41, 5.74) is 2.33. The molecule has 5 nitrogen and oxygen atoms in total. The van der Waals surface area contributed by atoms with E-state index in [1.807, 2.05) is 32.0 Å².